The lowest BCUT2D eigenvalue weighted by molar-refractivity contribution is -0.140. The van der Waals surface area contributed by atoms with E-state index in [-0.39, 0.29) is 30.9 Å². The summed E-state index contributed by atoms with van der Waals surface area (Å²) in [7, 11) is 0. The van der Waals surface area contributed by atoms with Gasteiger partial charge >= 0.3 is 5.97 Å². The van der Waals surface area contributed by atoms with Gasteiger partial charge in [0.2, 0.25) is 5.91 Å². The zero-order chi connectivity index (χ0) is 19.8. The van der Waals surface area contributed by atoms with Crippen LogP contribution in [0.3, 0.4) is 0 Å². The predicted octanol–water partition coefficient (Wildman–Crippen LogP) is 2.52. The van der Waals surface area contributed by atoms with Crippen LogP contribution in [0, 0.1) is 11.6 Å². The number of halogens is 2. The Morgan fingerprint density at radius 1 is 1.30 bits per heavy atom. The Balaban J connectivity index is 1.69. The molecule has 6 nitrogen and oxygen atoms in total. The number of carboxylic acids is 1. The van der Waals surface area contributed by atoms with Gasteiger partial charge in [-0.25, -0.2) is 8.78 Å². The van der Waals surface area contributed by atoms with Crippen molar-refractivity contribution in [1.82, 2.24) is 9.80 Å². The van der Waals surface area contributed by atoms with Crippen LogP contribution in [-0.4, -0.2) is 65.6 Å². The van der Waals surface area contributed by atoms with E-state index in [1.165, 1.54) is 6.07 Å². The molecule has 0 atom stereocenters. The number of ether oxygens (including phenoxy) is 1. The minimum absolute atomic E-state index is 0.0120. The largest absolute Gasteiger partial charge is 0.491 e. The Kier molecular flexibility index (Phi) is 7.97. The third-order valence-electron chi connectivity index (χ3n) is 4.76. The normalized spacial score (nSPS) is 15.2. The van der Waals surface area contributed by atoms with E-state index in [1.807, 2.05) is 11.8 Å². The van der Waals surface area contributed by atoms with E-state index < -0.39 is 17.6 Å². The Bertz CT molecular complexity index is 649. The number of hydrogen-bond donors (Lipinski definition) is 1. The summed E-state index contributed by atoms with van der Waals surface area (Å²) in [6.07, 6.45) is 2.24. The number of carbonyl (C=O) groups is 2. The second-order valence-corrected chi connectivity index (χ2v) is 6.60. The third kappa shape index (κ3) is 6.46. The average molecular weight is 384 g/mol. The lowest BCUT2D eigenvalue weighted by Gasteiger charge is -2.37. The van der Waals surface area contributed by atoms with Crippen LogP contribution in [0.1, 0.15) is 32.6 Å². The van der Waals surface area contributed by atoms with Crippen molar-refractivity contribution in [3.63, 3.8) is 0 Å². The molecule has 1 N–H and O–H groups in total. The van der Waals surface area contributed by atoms with Crippen LogP contribution in [0.15, 0.2) is 18.2 Å². The van der Waals surface area contributed by atoms with Gasteiger partial charge in [0.25, 0.3) is 0 Å². The molecule has 0 saturated carbocycles. The molecule has 2 rings (SSSR count). The van der Waals surface area contributed by atoms with Crippen molar-refractivity contribution < 1.29 is 28.2 Å². The molecular formula is C19H26F2N2O4. The number of carboxylic acid groups (broad SMARTS) is 1. The van der Waals surface area contributed by atoms with Crippen LogP contribution < -0.4 is 4.74 Å². The van der Waals surface area contributed by atoms with Crippen molar-refractivity contribution in [2.24, 2.45) is 0 Å². The molecule has 1 aromatic carbocycles. The summed E-state index contributed by atoms with van der Waals surface area (Å²) >= 11 is 0. The quantitative estimate of drug-likeness (QED) is 0.663. The van der Waals surface area contributed by atoms with E-state index in [0.717, 1.165) is 25.0 Å². The molecule has 0 aliphatic carbocycles. The summed E-state index contributed by atoms with van der Waals surface area (Å²) in [5.41, 5.74) is 0. The third-order valence-corrected chi connectivity index (χ3v) is 4.76. The van der Waals surface area contributed by atoms with Crippen LogP contribution in [0.25, 0.3) is 0 Å². The number of hydrogen-bond acceptors (Lipinski definition) is 4. The van der Waals surface area contributed by atoms with Crippen LogP contribution in [0.4, 0.5) is 8.78 Å². The fourth-order valence-corrected chi connectivity index (χ4v) is 3.31. The number of benzene rings is 1. The number of aliphatic carboxylic acids is 1. The molecule has 1 aliphatic rings. The Morgan fingerprint density at radius 2 is 2.00 bits per heavy atom. The lowest BCUT2D eigenvalue weighted by Crippen LogP contribution is -2.48. The highest BCUT2D eigenvalue weighted by molar-refractivity contribution is 5.76. The number of piperidine rings is 1. The first-order chi connectivity index (χ1) is 12.9. The van der Waals surface area contributed by atoms with Crippen LogP contribution >= 0.6 is 0 Å². The first-order valence-electron chi connectivity index (χ1n) is 9.22. The van der Waals surface area contributed by atoms with Crippen molar-refractivity contribution in [1.29, 1.82) is 0 Å². The van der Waals surface area contributed by atoms with Crippen molar-refractivity contribution in [3.8, 4) is 5.75 Å². The number of rotatable bonds is 9. The lowest BCUT2D eigenvalue weighted by atomic mass is 10.0. The van der Waals surface area contributed by atoms with E-state index in [0.29, 0.717) is 32.5 Å². The molecule has 0 spiro atoms. The Morgan fingerprint density at radius 3 is 2.59 bits per heavy atom. The molecule has 1 heterocycles. The molecule has 1 fully saturated rings. The van der Waals surface area contributed by atoms with Crippen LogP contribution in [-0.2, 0) is 9.59 Å². The number of amides is 1. The number of carbonyl (C=O) groups excluding carboxylic acids is 1. The van der Waals surface area contributed by atoms with Gasteiger partial charge in [0.1, 0.15) is 5.82 Å². The van der Waals surface area contributed by atoms with E-state index in [4.69, 9.17) is 9.84 Å². The first kappa shape index (κ1) is 21.1. The highest BCUT2D eigenvalue weighted by atomic mass is 19.1. The molecule has 1 amide bonds. The van der Waals surface area contributed by atoms with Crippen molar-refractivity contribution in [2.45, 2.75) is 38.6 Å². The minimum atomic E-state index is -0.840. The summed E-state index contributed by atoms with van der Waals surface area (Å²) in [6.45, 7) is 4.01. The Hall–Kier alpha value is -2.22. The highest BCUT2D eigenvalue weighted by Gasteiger charge is 2.26. The van der Waals surface area contributed by atoms with Gasteiger partial charge in [-0.3, -0.25) is 14.5 Å². The maximum atomic E-state index is 13.5. The van der Waals surface area contributed by atoms with Gasteiger partial charge in [-0.2, -0.15) is 0 Å². The zero-order valence-electron chi connectivity index (χ0n) is 15.5. The zero-order valence-corrected chi connectivity index (χ0v) is 15.5. The van der Waals surface area contributed by atoms with Gasteiger partial charge in [-0.05, 0) is 37.9 Å². The van der Waals surface area contributed by atoms with E-state index >= 15 is 0 Å². The predicted molar refractivity (Wildman–Crippen MR) is 95.6 cm³/mol. The first-order valence-corrected chi connectivity index (χ1v) is 9.22. The van der Waals surface area contributed by atoms with Gasteiger partial charge in [0.05, 0.1) is 13.2 Å². The van der Waals surface area contributed by atoms with Crippen LogP contribution in [0.5, 0.6) is 5.75 Å². The summed E-state index contributed by atoms with van der Waals surface area (Å²) < 4.78 is 31.5. The van der Waals surface area contributed by atoms with Gasteiger partial charge in [0, 0.05) is 31.6 Å². The molecule has 0 radical (unpaired) electrons. The van der Waals surface area contributed by atoms with E-state index in [1.54, 1.807) is 4.90 Å². The standard InChI is InChI=1S/C19H26F2N2O4/c1-2-22(13-19(25)26)15-7-9-23(10-8-15)18(24)4-3-11-27-17-6-5-14(20)12-16(17)21/h5-6,12,15H,2-4,7-11,13H2,1H3,(H,25,26). The SMILES string of the molecule is CCN(CC(=O)O)C1CCN(C(=O)CCCOc2ccc(F)cc2F)CC1. The maximum absolute atomic E-state index is 13.5. The van der Waals surface area contributed by atoms with Crippen molar-refractivity contribution >= 4 is 11.9 Å². The molecule has 1 aromatic rings. The molecule has 150 valence electrons. The molecule has 27 heavy (non-hydrogen) atoms. The fraction of sp³-hybridized carbons (Fsp3) is 0.579. The van der Waals surface area contributed by atoms with Gasteiger partial charge in [-0.1, -0.05) is 6.92 Å². The van der Waals surface area contributed by atoms with E-state index in [2.05, 4.69) is 0 Å². The van der Waals surface area contributed by atoms with Gasteiger partial charge in [0.15, 0.2) is 11.6 Å². The molecule has 1 aliphatic heterocycles. The molecule has 0 aromatic heterocycles. The van der Waals surface area contributed by atoms with Gasteiger partial charge < -0.3 is 14.7 Å². The Labute approximate surface area is 157 Å². The van der Waals surface area contributed by atoms with Crippen molar-refractivity contribution in [3.05, 3.63) is 29.8 Å². The number of nitrogens with zero attached hydrogens (tertiary/aromatic N) is 2. The molecule has 8 heteroatoms. The van der Waals surface area contributed by atoms with Crippen LogP contribution in [0.2, 0.25) is 0 Å². The van der Waals surface area contributed by atoms with Crippen molar-refractivity contribution in [2.75, 3.05) is 32.8 Å². The molecule has 0 unspecified atom stereocenters. The summed E-state index contributed by atoms with van der Waals surface area (Å²) in [4.78, 5) is 26.9. The average Bonchev–Trinajstić information content (AvgIpc) is 2.64. The number of likely N-dealkylation sites (N-methyl/N-ethyl adjacent to an activating group) is 1. The summed E-state index contributed by atoms with van der Waals surface area (Å²) in [5.74, 6) is -2.28. The second kappa shape index (κ2) is 10.2. The topological polar surface area (TPSA) is 70.1 Å². The smallest absolute Gasteiger partial charge is 0.317 e. The minimum Gasteiger partial charge on any atom is -0.491 e. The monoisotopic (exact) mass is 384 g/mol. The second-order valence-electron chi connectivity index (χ2n) is 6.60. The summed E-state index contributed by atoms with van der Waals surface area (Å²) in [5, 5.41) is 8.96. The van der Waals surface area contributed by atoms with Gasteiger partial charge in [-0.15, -0.1) is 0 Å². The van der Waals surface area contributed by atoms with E-state index in [9.17, 15) is 18.4 Å². The molecule has 0 bridgehead atoms. The number of likely N-dealkylation sites (tertiary alicyclic amines) is 1. The fourth-order valence-electron chi connectivity index (χ4n) is 3.31. The molecule has 1 saturated heterocycles. The maximum Gasteiger partial charge on any atom is 0.317 e. The molecular weight excluding hydrogens is 358 g/mol. The summed E-state index contributed by atoms with van der Waals surface area (Å²) in [6, 6.07) is 3.29. The highest BCUT2D eigenvalue weighted by Crippen LogP contribution is 2.19.